The van der Waals surface area contributed by atoms with Gasteiger partial charge in [-0.1, -0.05) is 12.1 Å². The molecule has 1 atom stereocenters. The van der Waals surface area contributed by atoms with E-state index in [0.717, 1.165) is 4.90 Å². The second-order valence-corrected chi connectivity index (χ2v) is 5.86. The Labute approximate surface area is 156 Å². The van der Waals surface area contributed by atoms with Gasteiger partial charge in [0, 0.05) is 11.6 Å². The maximum Gasteiger partial charge on any atom is 0.265 e. The molecule has 0 bridgehead atoms. The van der Waals surface area contributed by atoms with Crippen molar-refractivity contribution in [3.05, 3.63) is 54.1 Å². The van der Waals surface area contributed by atoms with E-state index in [1.165, 1.54) is 14.2 Å². The lowest BCUT2D eigenvalue weighted by atomic mass is 10.2. The van der Waals surface area contributed by atoms with Crippen LogP contribution in [-0.2, 0) is 9.59 Å². The average molecular weight is 369 g/mol. The Morgan fingerprint density at radius 1 is 1.04 bits per heavy atom. The molecular weight excluding hydrogens is 350 g/mol. The van der Waals surface area contributed by atoms with Crippen molar-refractivity contribution in [2.24, 2.45) is 0 Å². The molecule has 27 heavy (non-hydrogen) atoms. The highest BCUT2D eigenvalue weighted by Gasteiger charge is 2.39. The number of ether oxygens (including phenoxy) is 2. The first-order valence-electron chi connectivity index (χ1n) is 8.24. The van der Waals surface area contributed by atoms with Gasteiger partial charge in [0.25, 0.3) is 11.8 Å². The van der Waals surface area contributed by atoms with Crippen molar-refractivity contribution in [3.8, 4) is 11.5 Å². The van der Waals surface area contributed by atoms with E-state index in [0.29, 0.717) is 22.7 Å². The Hall–Kier alpha value is -3.39. The minimum absolute atomic E-state index is 0.0611. The van der Waals surface area contributed by atoms with Crippen molar-refractivity contribution < 1.29 is 23.9 Å². The second kappa shape index (κ2) is 7.88. The van der Waals surface area contributed by atoms with Crippen LogP contribution in [0.4, 0.5) is 5.69 Å². The summed E-state index contributed by atoms with van der Waals surface area (Å²) < 4.78 is 10.2. The predicted molar refractivity (Wildman–Crippen MR) is 97.5 cm³/mol. The summed E-state index contributed by atoms with van der Waals surface area (Å²) in [4.78, 5) is 38.2. The number of methoxy groups -OCH3 is 2. The highest BCUT2D eigenvalue weighted by molar-refractivity contribution is 6.22. The molecular formula is C19H19N3O5. The van der Waals surface area contributed by atoms with Crippen LogP contribution >= 0.6 is 0 Å². The number of carbonyl (C=O) groups is 3. The Bertz CT molecular complexity index is 883. The van der Waals surface area contributed by atoms with Crippen LogP contribution in [-0.4, -0.2) is 38.0 Å². The van der Waals surface area contributed by atoms with Crippen molar-refractivity contribution in [2.45, 2.75) is 12.5 Å². The average Bonchev–Trinajstić information content (AvgIpc) is 2.99. The standard InChI is InChI=1S/C19H19N3O5/c1-26-14-7-3-5-12(9-14)18(24)21-20-16-11-17(23)22(19(16)25)13-6-4-8-15(10-13)27-2/h3-10,16,20H,11H2,1-2H3,(H,21,24)/t16-/m1/s1. The largest absolute Gasteiger partial charge is 0.497 e. The molecule has 140 valence electrons. The smallest absolute Gasteiger partial charge is 0.265 e. The zero-order chi connectivity index (χ0) is 19.4. The Balaban J connectivity index is 1.67. The van der Waals surface area contributed by atoms with E-state index in [2.05, 4.69) is 10.9 Å². The maximum absolute atomic E-state index is 12.6. The minimum Gasteiger partial charge on any atom is -0.497 e. The third-order valence-corrected chi connectivity index (χ3v) is 4.15. The lowest BCUT2D eigenvalue weighted by Crippen LogP contribution is -2.48. The molecule has 1 aliphatic heterocycles. The van der Waals surface area contributed by atoms with Crippen LogP contribution in [0.2, 0.25) is 0 Å². The first-order valence-corrected chi connectivity index (χ1v) is 8.24. The van der Waals surface area contributed by atoms with E-state index < -0.39 is 17.9 Å². The number of imide groups is 1. The SMILES string of the molecule is COc1cccc(C(=O)NN[C@@H]2CC(=O)N(c3cccc(OC)c3)C2=O)c1. The summed E-state index contributed by atoms with van der Waals surface area (Å²) in [6.07, 6.45) is -0.0611. The quantitative estimate of drug-likeness (QED) is 0.588. The number of carbonyl (C=O) groups excluding carboxylic acids is 3. The van der Waals surface area contributed by atoms with E-state index in [-0.39, 0.29) is 12.3 Å². The fourth-order valence-corrected chi connectivity index (χ4v) is 2.75. The zero-order valence-corrected chi connectivity index (χ0v) is 14.9. The first-order chi connectivity index (χ1) is 13.0. The summed E-state index contributed by atoms with van der Waals surface area (Å²) >= 11 is 0. The molecule has 2 aromatic rings. The molecule has 0 spiro atoms. The van der Waals surface area contributed by atoms with Gasteiger partial charge in [-0.15, -0.1) is 0 Å². The number of hydrazine groups is 1. The molecule has 0 unspecified atom stereocenters. The minimum atomic E-state index is -0.849. The number of benzene rings is 2. The lowest BCUT2D eigenvalue weighted by molar-refractivity contribution is -0.121. The molecule has 0 saturated carbocycles. The van der Waals surface area contributed by atoms with E-state index in [1.54, 1.807) is 48.5 Å². The number of hydrogen-bond acceptors (Lipinski definition) is 6. The lowest BCUT2D eigenvalue weighted by Gasteiger charge is -2.16. The fourth-order valence-electron chi connectivity index (χ4n) is 2.75. The van der Waals surface area contributed by atoms with Crippen LogP contribution in [0.1, 0.15) is 16.8 Å². The highest BCUT2D eigenvalue weighted by Crippen LogP contribution is 2.26. The monoisotopic (exact) mass is 369 g/mol. The van der Waals surface area contributed by atoms with Crippen molar-refractivity contribution in [1.29, 1.82) is 0 Å². The summed E-state index contributed by atoms with van der Waals surface area (Å²) in [5.74, 6) is -0.163. The van der Waals surface area contributed by atoms with E-state index in [4.69, 9.17) is 9.47 Å². The number of anilines is 1. The van der Waals surface area contributed by atoms with E-state index in [9.17, 15) is 14.4 Å². The Morgan fingerprint density at radius 2 is 1.70 bits per heavy atom. The van der Waals surface area contributed by atoms with Gasteiger partial charge in [-0.25, -0.2) is 10.3 Å². The number of nitrogens with one attached hydrogen (secondary N) is 2. The van der Waals surface area contributed by atoms with Gasteiger partial charge in [0.2, 0.25) is 5.91 Å². The molecule has 3 rings (SSSR count). The number of nitrogens with zero attached hydrogens (tertiary/aromatic N) is 1. The highest BCUT2D eigenvalue weighted by atomic mass is 16.5. The van der Waals surface area contributed by atoms with Crippen LogP contribution in [0.25, 0.3) is 0 Å². The zero-order valence-electron chi connectivity index (χ0n) is 14.9. The predicted octanol–water partition coefficient (Wildman–Crippen LogP) is 1.27. The van der Waals surface area contributed by atoms with Gasteiger partial charge >= 0.3 is 0 Å². The van der Waals surface area contributed by atoms with Crippen molar-refractivity contribution in [1.82, 2.24) is 10.9 Å². The van der Waals surface area contributed by atoms with Crippen molar-refractivity contribution in [3.63, 3.8) is 0 Å². The Morgan fingerprint density at radius 3 is 2.41 bits per heavy atom. The maximum atomic E-state index is 12.6. The molecule has 8 heteroatoms. The molecule has 3 amide bonds. The molecule has 1 aliphatic rings. The molecule has 0 aromatic heterocycles. The third kappa shape index (κ3) is 3.90. The van der Waals surface area contributed by atoms with Crippen molar-refractivity contribution in [2.75, 3.05) is 19.1 Å². The van der Waals surface area contributed by atoms with Crippen molar-refractivity contribution >= 4 is 23.4 Å². The summed E-state index contributed by atoms with van der Waals surface area (Å²) in [6.45, 7) is 0. The van der Waals surface area contributed by atoms with Crippen LogP contribution in [0, 0.1) is 0 Å². The second-order valence-electron chi connectivity index (χ2n) is 5.86. The number of rotatable bonds is 6. The molecule has 2 aromatic carbocycles. The molecule has 8 nitrogen and oxygen atoms in total. The molecule has 1 fully saturated rings. The van der Waals surface area contributed by atoms with Crippen LogP contribution in [0.3, 0.4) is 0 Å². The van der Waals surface area contributed by atoms with Gasteiger partial charge < -0.3 is 9.47 Å². The van der Waals surface area contributed by atoms with Gasteiger partial charge in [-0.2, -0.15) is 0 Å². The number of hydrogen-bond donors (Lipinski definition) is 2. The topological polar surface area (TPSA) is 97.0 Å². The molecule has 1 heterocycles. The Kier molecular flexibility index (Phi) is 5.37. The van der Waals surface area contributed by atoms with Gasteiger partial charge in [-0.3, -0.25) is 19.8 Å². The normalized spacial score (nSPS) is 16.4. The molecule has 2 N–H and O–H groups in total. The molecule has 0 radical (unpaired) electrons. The number of amides is 3. The van der Waals surface area contributed by atoms with Gasteiger partial charge in [0.05, 0.1) is 26.3 Å². The summed E-state index contributed by atoms with van der Waals surface area (Å²) in [7, 11) is 3.01. The van der Waals surface area contributed by atoms with Crippen LogP contribution in [0.5, 0.6) is 11.5 Å². The fraction of sp³-hybridized carbons (Fsp3) is 0.211. The summed E-state index contributed by atoms with van der Waals surface area (Å²) in [5, 5.41) is 0. The summed E-state index contributed by atoms with van der Waals surface area (Å²) in [6, 6.07) is 12.4. The molecule has 0 aliphatic carbocycles. The third-order valence-electron chi connectivity index (χ3n) is 4.15. The van der Waals surface area contributed by atoms with Gasteiger partial charge in [0.1, 0.15) is 17.5 Å². The van der Waals surface area contributed by atoms with Gasteiger partial charge in [-0.05, 0) is 30.3 Å². The van der Waals surface area contributed by atoms with E-state index >= 15 is 0 Å². The van der Waals surface area contributed by atoms with E-state index in [1.807, 2.05) is 0 Å². The molecule has 1 saturated heterocycles. The van der Waals surface area contributed by atoms with Gasteiger partial charge in [0.15, 0.2) is 0 Å². The summed E-state index contributed by atoms with van der Waals surface area (Å²) in [5.41, 5.74) is 5.90. The van der Waals surface area contributed by atoms with Crippen LogP contribution < -0.4 is 25.2 Å². The first kappa shape index (κ1) is 18.4. The van der Waals surface area contributed by atoms with Crippen LogP contribution in [0.15, 0.2) is 48.5 Å².